The Morgan fingerprint density at radius 1 is 1.17 bits per heavy atom. The fourth-order valence-electron chi connectivity index (χ4n) is 1.41. The number of aromatic nitrogens is 2. The lowest BCUT2D eigenvalue weighted by atomic mass is 10.2. The molecule has 1 heterocycles. The van der Waals surface area contributed by atoms with Crippen LogP contribution in [0.4, 0.5) is 0 Å². The fourth-order valence-corrected chi connectivity index (χ4v) is 1.54. The molecular weight excluding hydrogens is 250 g/mol. The average molecular weight is 264 g/mol. The van der Waals surface area contributed by atoms with Crippen molar-refractivity contribution in [2.75, 3.05) is 20.2 Å². The molecular formula is C13H14ClN3O. The minimum Gasteiger partial charge on any atom is -0.489 e. The average Bonchev–Trinajstić information content (AvgIpc) is 2.41. The lowest BCUT2D eigenvalue weighted by Gasteiger charge is -2.05. The van der Waals surface area contributed by atoms with Crippen LogP contribution in [0.25, 0.3) is 11.4 Å². The molecule has 94 valence electrons. The number of hydrogen-bond donors (Lipinski definition) is 1. The molecule has 0 amide bonds. The van der Waals surface area contributed by atoms with E-state index in [4.69, 9.17) is 16.3 Å². The van der Waals surface area contributed by atoms with Crippen LogP contribution in [-0.2, 0) is 0 Å². The first kappa shape index (κ1) is 12.8. The van der Waals surface area contributed by atoms with Crippen LogP contribution in [0.3, 0.4) is 0 Å². The van der Waals surface area contributed by atoms with Crippen molar-refractivity contribution in [1.82, 2.24) is 15.3 Å². The quantitative estimate of drug-likeness (QED) is 0.842. The lowest BCUT2D eigenvalue weighted by molar-refractivity contribution is 0.316. The standard InChI is InChI=1S/C13H14ClN3O/c1-15-6-7-18-12-8-16-13(17-9-12)10-2-4-11(14)5-3-10/h2-5,8-9,15H,6-7H2,1H3. The number of benzene rings is 1. The van der Waals surface area contributed by atoms with Crippen LogP contribution in [0.5, 0.6) is 5.75 Å². The van der Waals surface area contributed by atoms with Crippen LogP contribution in [0.15, 0.2) is 36.7 Å². The highest BCUT2D eigenvalue weighted by atomic mass is 35.5. The maximum absolute atomic E-state index is 5.83. The summed E-state index contributed by atoms with van der Waals surface area (Å²) in [6.45, 7) is 1.39. The van der Waals surface area contributed by atoms with Crippen LogP contribution in [-0.4, -0.2) is 30.2 Å². The predicted octanol–water partition coefficient (Wildman–Crippen LogP) is 2.40. The Hall–Kier alpha value is -1.65. The second kappa shape index (κ2) is 6.33. The van der Waals surface area contributed by atoms with E-state index in [2.05, 4.69) is 15.3 Å². The van der Waals surface area contributed by atoms with E-state index in [0.717, 1.165) is 12.1 Å². The van der Waals surface area contributed by atoms with Crippen LogP contribution in [0, 0.1) is 0 Å². The first-order valence-corrected chi connectivity index (χ1v) is 6.03. The van der Waals surface area contributed by atoms with E-state index >= 15 is 0 Å². The van der Waals surface area contributed by atoms with Gasteiger partial charge in [-0.05, 0) is 31.3 Å². The van der Waals surface area contributed by atoms with E-state index in [1.165, 1.54) is 0 Å². The van der Waals surface area contributed by atoms with Gasteiger partial charge in [0.15, 0.2) is 11.6 Å². The molecule has 0 unspecified atom stereocenters. The number of likely N-dealkylation sites (N-methyl/N-ethyl adjacent to an activating group) is 1. The van der Waals surface area contributed by atoms with Crippen molar-refractivity contribution < 1.29 is 4.74 Å². The van der Waals surface area contributed by atoms with E-state index in [-0.39, 0.29) is 0 Å². The smallest absolute Gasteiger partial charge is 0.159 e. The fraction of sp³-hybridized carbons (Fsp3) is 0.231. The second-order valence-electron chi connectivity index (χ2n) is 3.70. The molecule has 18 heavy (non-hydrogen) atoms. The number of ether oxygens (including phenoxy) is 1. The maximum atomic E-state index is 5.83. The zero-order valence-corrected chi connectivity index (χ0v) is 10.8. The monoisotopic (exact) mass is 263 g/mol. The Morgan fingerprint density at radius 2 is 1.83 bits per heavy atom. The minimum atomic E-state index is 0.597. The third kappa shape index (κ3) is 3.42. The molecule has 0 aliphatic carbocycles. The number of hydrogen-bond acceptors (Lipinski definition) is 4. The molecule has 0 bridgehead atoms. The van der Waals surface area contributed by atoms with Gasteiger partial charge in [0.05, 0.1) is 12.4 Å². The molecule has 2 rings (SSSR count). The summed E-state index contributed by atoms with van der Waals surface area (Å²) in [5.74, 6) is 1.33. The van der Waals surface area contributed by atoms with Crippen molar-refractivity contribution in [1.29, 1.82) is 0 Å². The molecule has 1 aromatic carbocycles. The molecule has 4 nitrogen and oxygen atoms in total. The van der Waals surface area contributed by atoms with Gasteiger partial charge in [-0.3, -0.25) is 0 Å². The summed E-state index contributed by atoms with van der Waals surface area (Å²) in [6, 6.07) is 7.41. The van der Waals surface area contributed by atoms with Crippen molar-refractivity contribution in [3.8, 4) is 17.1 Å². The molecule has 0 radical (unpaired) electrons. The summed E-state index contributed by atoms with van der Waals surface area (Å²) in [6.07, 6.45) is 3.35. The van der Waals surface area contributed by atoms with E-state index in [0.29, 0.717) is 23.2 Å². The minimum absolute atomic E-state index is 0.597. The first-order chi connectivity index (χ1) is 8.79. The van der Waals surface area contributed by atoms with Gasteiger partial charge < -0.3 is 10.1 Å². The summed E-state index contributed by atoms with van der Waals surface area (Å²) in [5.41, 5.74) is 0.932. The third-order valence-electron chi connectivity index (χ3n) is 2.35. The SMILES string of the molecule is CNCCOc1cnc(-c2ccc(Cl)cc2)nc1. The van der Waals surface area contributed by atoms with Crippen molar-refractivity contribution in [3.63, 3.8) is 0 Å². The van der Waals surface area contributed by atoms with Crippen LogP contribution < -0.4 is 10.1 Å². The molecule has 1 aromatic heterocycles. The van der Waals surface area contributed by atoms with E-state index < -0.39 is 0 Å². The lowest BCUT2D eigenvalue weighted by Crippen LogP contribution is -2.16. The van der Waals surface area contributed by atoms with Gasteiger partial charge in [-0.25, -0.2) is 9.97 Å². The number of rotatable bonds is 5. The molecule has 0 atom stereocenters. The number of halogens is 1. The van der Waals surface area contributed by atoms with E-state index in [1.54, 1.807) is 12.4 Å². The van der Waals surface area contributed by atoms with Crippen LogP contribution in [0.1, 0.15) is 0 Å². The Bertz CT molecular complexity index is 485. The molecule has 0 aliphatic rings. The third-order valence-corrected chi connectivity index (χ3v) is 2.60. The Morgan fingerprint density at radius 3 is 2.44 bits per heavy atom. The number of nitrogens with zero attached hydrogens (tertiary/aromatic N) is 2. The molecule has 1 N–H and O–H groups in total. The molecule has 2 aromatic rings. The topological polar surface area (TPSA) is 47.0 Å². The van der Waals surface area contributed by atoms with Gasteiger partial charge in [0.2, 0.25) is 0 Å². The zero-order valence-electron chi connectivity index (χ0n) is 10.1. The largest absolute Gasteiger partial charge is 0.489 e. The van der Waals surface area contributed by atoms with Crippen LogP contribution in [0.2, 0.25) is 5.02 Å². The summed E-state index contributed by atoms with van der Waals surface area (Å²) in [7, 11) is 1.88. The van der Waals surface area contributed by atoms with Gasteiger partial charge in [0.25, 0.3) is 0 Å². The molecule has 0 saturated carbocycles. The van der Waals surface area contributed by atoms with Crippen molar-refractivity contribution >= 4 is 11.6 Å². The predicted molar refractivity (Wildman–Crippen MR) is 71.9 cm³/mol. The molecule has 0 spiro atoms. The highest BCUT2D eigenvalue weighted by molar-refractivity contribution is 6.30. The van der Waals surface area contributed by atoms with E-state index in [1.807, 2.05) is 31.3 Å². The molecule has 5 heteroatoms. The van der Waals surface area contributed by atoms with Gasteiger partial charge in [0.1, 0.15) is 6.61 Å². The Kier molecular flexibility index (Phi) is 4.50. The first-order valence-electron chi connectivity index (χ1n) is 5.65. The van der Waals surface area contributed by atoms with Gasteiger partial charge in [-0.1, -0.05) is 11.6 Å². The highest BCUT2D eigenvalue weighted by Crippen LogP contribution is 2.18. The maximum Gasteiger partial charge on any atom is 0.159 e. The number of nitrogens with one attached hydrogen (secondary N) is 1. The van der Waals surface area contributed by atoms with Crippen molar-refractivity contribution in [2.24, 2.45) is 0 Å². The van der Waals surface area contributed by atoms with Crippen molar-refractivity contribution in [3.05, 3.63) is 41.7 Å². The zero-order chi connectivity index (χ0) is 12.8. The van der Waals surface area contributed by atoms with E-state index in [9.17, 15) is 0 Å². The Labute approximate surface area is 111 Å². The van der Waals surface area contributed by atoms with Crippen LogP contribution >= 0.6 is 11.6 Å². The van der Waals surface area contributed by atoms with Gasteiger partial charge in [0, 0.05) is 17.1 Å². The van der Waals surface area contributed by atoms with Crippen molar-refractivity contribution in [2.45, 2.75) is 0 Å². The molecule has 0 saturated heterocycles. The summed E-state index contributed by atoms with van der Waals surface area (Å²) < 4.78 is 5.45. The molecule has 0 aliphatic heterocycles. The summed E-state index contributed by atoms with van der Waals surface area (Å²) >= 11 is 5.83. The van der Waals surface area contributed by atoms with Gasteiger partial charge in [-0.2, -0.15) is 0 Å². The van der Waals surface area contributed by atoms with Gasteiger partial charge >= 0.3 is 0 Å². The normalized spacial score (nSPS) is 10.3. The van der Waals surface area contributed by atoms with Gasteiger partial charge in [-0.15, -0.1) is 0 Å². The second-order valence-corrected chi connectivity index (χ2v) is 4.14. The molecule has 0 fully saturated rings. The summed E-state index contributed by atoms with van der Waals surface area (Å²) in [5, 5.41) is 3.70. The highest BCUT2D eigenvalue weighted by Gasteiger charge is 2.01. The summed E-state index contributed by atoms with van der Waals surface area (Å²) in [4.78, 5) is 8.52. The Balaban J connectivity index is 2.05.